The van der Waals surface area contributed by atoms with Crippen molar-refractivity contribution in [2.75, 3.05) is 0 Å². The molecule has 1 rings (SSSR count). The summed E-state index contributed by atoms with van der Waals surface area (Å²) in [6.45, 7) is 5.85. The molecule has 84 valence electrons. The van der Waals surface area contributed by atoms with E-state index in [2.05, 4.69) is 11.9 Å². The van der Waals surface area contributed by atoms with Gasteiger partial charge in [-0.1, -0.05) is 17.7 Å². The van der Waals surface area contributed by atoms with Crippen LogP contribution >= 0.6 is 0 Å². The maximum absolute atomic E-state index is 5.61. The monoisotopic (exact) mass is 215 g/mol. The average molecular weight is 215 g/mol. The van der Waals surface area contributed by atoms with Gasteiger partial charge in [0.05, 0.1) is 0 Å². The van der Waals surface area contributed by atoms with E-state index in [1.54, 1.807) is 12.4 Å². The van der Waals surface area contributed by atoms with Crippen LogP contribution in [-0.2, 0) is 0 Å². The Morgan fingerprint density at radius 1 is 1.25 bits per heavy atom. The van der Waals surface area contributed by atoms with Crippen LogP contribution in [0.3, 0.4) is 0 Å². The Balaban J connectivity index is 2.56. The quantitative estimate of drug-likeness (QED) is 0.424. The van der Waals surface area contributed by atoms with Crippen LogP contribution in [0.2, 0.25) is 0 Å². The molecule has 0 fully saturated rings. The third-order valence-corrected chi connectivity index (χ3v) is 1.95. The summed E-state index contributed by atoms with van der Waals surface area (Å²) in [6, 6.07) is 7.97. The van der Waals surface area contributed by atoms with Gasteiger partial charge in [0.2, 0.25) is 0 Å². The van der Waals surface area contributed by atoms with Crippen molar-refractivity contribution in [2.24, 2.45) is 4.99 Å². The highest BCUT2D eigenvalue weighted by atomic mass is 16.5. The lowest BCUT2D eigenvalue weighted by Crippen LogP contribution is -1.89. The lowest BCUT2D eigenvalue weighted by Gasteiger charge is -2.04. The van der Waals surface area contributed by atoms with Gasteiger partial charge in [-0.2, -0.15) is 0 Å². The first kappa shape index (κ1) is 12.2. The number of ether oxygens (including phenoxy) is 1. The van der Waals surface area contributed by atoms with Crippen LogP contribution in [0.25, 0.3) is 0 Å². The van der Waals surface area contributed by atoms with E-state index >= 15 is 0 Å². The predicted molar refractivity (Wildman–Crippen MR) is 68.9 cm³/mol. The molecule has 16 heavy (non-hydrogen) atoms. The molecule has 0 atom stereocenters. The highest BCUT2D eigenvalue weighted by Gasteiger charge is 1.93. The first-order valence-corrected chi connectivity index (χ1v) is 5.28. The lowest BCUT2D eigenvalue weighted by molar-refractivity contribution is 0.428. The Kier molecular flexibility index (Phi) is 5.06. The molecule has 0 aromatic heterocycles. The molecule has 0 spiro atoms. The van der Waals surface area contributed by atoms with Gasteiger partial charge in [-0.05, 0) is 45.1 Å². The van der Waals surface area contributed by atoms with Crippen molar-refractivity contribution in [1.82, 2.24) is 0 Å². The molecule has 0 aliphatic heterocycles. The van der Waals surface area contributed by atoms with Gasteiger partial charge in [-0.25, -0.2) is 0 Å². The fourth-order valence-electron chi connectivity index (χ4n) is 1.14. The minimum absolute atomic E-state index is 0.839. The van der Waals surface area contributed by atoms with E-state index < -0.39 is 0 Å². The van der Waals surface area contributed by atoms with Crippen molar-refractivity contribution in [3.63, 3.8) is 0 Å². The molecular formula is C14H17NO. The lowest BCUT2D eigenvalue weighted by atomic mass is 10.2. The topological polar surface area (TPSA) is 21.6 Å². The Morgan fingerprint density at radius 2 is 1.94 bits per heavy atom. The first-order valence-electron chi connectivity index (χ1n) is 5.28. The largest absolute Gasteiger partial charge is 0.462 e. The average Bonchev–Trinajstić information content (AvgIpc) is 2.28. The van der Waals surface area contributed by atoms with Crippen molar-refractivity contribution in [2.45, 2.75) is 20.8 Å². The Hall–Kier alpha value is -1.83. The summed E-state index contributed by atoms with van der Waals surface area (Å²) in [5.74, 6) is 1.69. The summed E-state index contributed by atoms with van der Waals surface area (Å²) in [4.78, 5) is 3.96. The van der Waals surface area contributed by atoms with E-state index in [-0.39, 0.29) is 0 Å². The molecule has 2 heteroatoms. The molecule has 0 N–H and O–H groups in total. The summed E-state index contributed by atoms with van der Waals surface area (Å²) in [5, 5.41) is 0. The number of nitrogens with zero attached hydrogens (tertiary/aromatic N) is 1. The van der Waals surface area contributed by atoms with Crippen molar-refractivity contribution < 1.29 is 4.74 Å². The zero-order chi connectivity index (χ0) is 11.8. The van der Waals surface area contributed by atoms with E-state index in [1.807, 2.05) is 50.3 Å². The summed E-state index contributed by atoms with van der Waals surface area (Å²) in [5.41, 5.74) is 1.23. The number of aliphatic imine (C=N–C) groups is 1. The number of rotatable bonds is 4. The zero-order valence-corrected chi connectivity index (χ0v) is 9.97. The Labute approximate surface area is 97.0 Å². The SMILES string of the molecule is CC=N/C=C\C=C(/C)Oc1ccc(C)cc1. The highest BCUT2D eigenvalue weighted by molar-refractivity contribution is 5.54. The number of allylic oxidation sites excluding steroid dienone is 3. The second-order valence-electron chi connectivity index (χ2n) is 3.44. The maximum Gasteiger partial charge on any atom is 0.126 e. The maximum atomic E-state index is 5.61. The molecule has 2 nitrogen and oxygen atoms in total. The molecule has 0 unspecified atom stereocenters. The van der Waals surface area contributed by atoms with Crippen LogP contribution < -0.4 is 4.74 Å². The number of hydrogen-bond acceptors (Lipinski definition) is 2. The van der Waals surface area contributed by atoms with Crippen LogP contribution in [0.1, 0.15) is 19.4 Å². The van der Waals surface area contributed by atoms with Gasteiger partial charge in [0.1, 0.15) is 11.5 Å². The van der Waals surface area contributed by atoms with E-state index in [0.717, 1.165) is 11.5 Å². The fraction of sp³-hybridized carbons (Fsp3) is 0.214. The summed E-state index contributed by atoms with van der Waals surface area (Å²) < 4.78 is 5.61. The summed E-state index contributed by atoms with van der Waals surface area (Å²) in [7, 11) is 0. The van der Waals surface area contributed by atoms with E-state index in [0.29, 0.717) is 0 Å². The van der Waals surface area contributed by atoms with Gasteiger partial charge in [0.15, 0.2) is 0 Å². The molecule has 0 amide bonds. The van der Waals surface area contributed by atoms with Crippen molar-refractivity contribution in [1.29, 1.82) is 0 Å². The predicted octanol–water partition coefficient (Wildman–Crippen LogP) is 3.88. The summed E-state index contributed by atoms with van der Waals surface area (Å²) in [6.07, 6.45) is 7.19. The molecule has 0 saturated carbocycles. The van der Waals surface area contributed by atoms with Crippen LogP contribution in [0.4, 0.5) is 0 Å². The molecule has 0 bridgehead atoms. The molecule has 0 aliphatic rings. The van der Waals surface area contributed by atoms with Crippen molar-refractivity contribution in [3.05, 3.63) is 53.9 Å². The van der Waals surface area contributed by atoms with E-state index in [9.17, 15) is 0 Å². The normalized spacial score (nSPS) is 12.6. The molecule has 1 aromatic carbocycles. The van der Waals surface area contributed by atoms with Gasteiger partial charge < -0.3 is 4.74 Å². The molecule has 1 aromatic rings. The Bertz CT molecular complexity index is 399. The standard InChI is InChI=1S/C14H17NO/c1-4-15-11-5-6-13(3)16-14-9-7-12(2)8-10-14/h4-11H,1-3H3/b11-5-,13-6+,15-4?. The Morgan fingerprint density at radius 3 is 2.56 bits per heavy atom. The highest BCUT2D eigenvalue weighted by Crippen LogP contribution is 2.14. The fourth-order valence-corrected chi connectivity index (χ4v) is 1.14. The molecule has 0 heterocycles. The minimum atomic E-state index is 0.839. The van der Waals surface area contributed by atoms with Crippen molar-refractivity contribution >= 4 is 6.21 Å². The van der Waals surface area contributed by atoms with Crippen LogP contribution in [0.5, 0.6) is 5.75 Å². The smallest absolute Gasteiger partial charge is 0.126 e. The van der Waals surface area contributed by atoms with E-state index in [1.165, 1.54) is 5.56 Å². The molecule has 0 radical (unpaired) electrons. The number of benzene rings is 1. The number of hydrogen-bond donors (Lipinski definition) is 0. The second kappa shape index (κ2) is 6.62. The second-order valence-corrected chi connectivity index (χ2v) is 3.44. The van der Waals surface area contributed by atoms with Crippen molar-refractivity contribution in [3.8, 4) is 5.75 Å². The van der Waals surface area contributed by atoms with E-state index in [4.69, 9.17) is 4.74 Å². The van der Waals surface area contributed by atoms with Crippen LogP contribution in [-0.4, -0.2) is 6.21 Å². The zero-order valence-electron chi connectivity index (χ0n) is 9.97. The van der Waals surface area contributed by atoms with Crippen LogP contribution in [0.15, 0.2) is 53.4 Å². The third kappa shape index (κ3) is 4.60. The molecule has 0 aliphatic carbocycles. The van der Waals surface area contributed by atoms with Crippen LogP contribution in [0, 0.1) is 6.92 Å². The van der Waals surface area contributed by atoms with Gasteiger partial charge in [-0.3, -0.25) is 4.99 Å². The molecule has 0 saturated heterocycles. The first-order chi connectivity index (χ1) is 7.72. The molecular weight excluding hydrogens is 198 g/mol. The number of aryl methyl sites for hydroxylation is 1. The van der Waals surface area contributed by atoms with Gasteiger partial charge in [0, 0.05) is 12.4 Å². The third-order valence-electron chi connectivity index (χ3n) is 1.95. The summed E-state index contributed by atoms with van der Waals surface area (Å²) >= 11 is 0. The van der Waals surface area contributed by atoms with Gasteiger partial charge >= 0.3 is 0 Å². The van der Waals surface area contributed by atoms with Gasteiger partial charge in [-0.15, -0.1) is 0 Å². The minimum Gasteiger partial charge on any atom is -0.462 e. The van der Waals surface area contributed by atoms with Gasteiger partial charge in [0.25, 0.3) is 0 Å².